The molecule has 0 spiro atoms. The van der Waals surface area contributed by atoms with E-state index in [0.717, 1.165) is 66.2 Å². The SMILES string of the molecule is C=C/C=C\C(=C(C)C)/C(N)=C(\C)C(=NC(=C)c1c2ccccc2c(C(=C)C)c2ccccc12)c1ccccc1. The second kappa shape index (κ2) is 11.8. The van der Waals surface area contributed by atoms with Crippen molar-refractivity contribution < 1.29 is 0 Å². The summed E-state index contributed by atoms with van der Waals surface area (Å²) in [6, 6.07) is 27.0. The van der Waals surface area contributed by atoms with Gasteiger partial charge in [0.05, 0.1) is 11.4 Å². The average Bonchev–Trinajstić information content (AvgIpc) is 2.94. The molecule has 0 amide bonds. The highest BCUT2D eigenvalue weighted by atomic mass is 14.8. The molecule has 0 heterocycles. The third-order valence-electron chi connectivity index (χ3n) is 6.93. The molecular weight excluding hydrogens is 472 g/mol. The predicted molar refractivity (Wildman–Crippen MR) is 173 cm³/mol. The van der Waals surface area contributed by atoms with E-state index in [2.05, 4.69) is 101 Å². The predicted octanol–water partition coefficient (Wildman–Crippen LogP) is 9.80. The average molecular weight is 509 g/mol. The molecule has 0 aliphatic rings. The van der Waals surface area contributed by atoms with Crippen molar-refractivity contribution in [3.05, 3.63) is 156 Å². The lowest BCUT2D eigenvalue weighted by Gasteiger charge is -2.18. The van der Waals surface area contributed by atoms with Crippen LogP contribution in [0.1, 0.15) is 44.4 Å². The van der Waals surface area contributed by atoms with Crippen LogP contribution in [0.15, 0.2) is 144 Å². The zero-order valence-electron chi connectivity index (χ0n) is 23.4. The third kappa shape index (κ3) is 5.46. The highest BCUT2D eigenvalue weighted by molar-refractivity contribution is 6.19. The summed E-state index contributed by atoms with van der Waals surface area (Å²) in [7, 11) is 0. The van der Waals surface area contributed by atoms with E-state index in [0.29, 0.717) is 11.4 Å². The Morgan fingerprint density at radius 1 is 0.718 bits per heavy atom. The van der Waals surface area contributed by atoms with Gasteiger partial charge in [0.25, 0.3) is 0 Å². The van der Waals surface area contributed by atoms with Crippen molar-refractivity contribution in [1.29, 1.82) is 0 Å². The number of nitrogens with two attached hydrogens (primary N) is 1. The molecule has 2 nitrogen and oxygen atoms in total. The maximum absolute atomic E-state index is 6.81. The van der Waals surface area contributed by atoms with E-state index in [4.69, 9.17) is 10.7 Å². The Balaban J connectivity index is 2.04. The van der Waals surface area contributed by atoms with Crippen molar-refractivity contribution in [1.82, 2.24) is 0 Å². The van der Waals surface area contributed by atoms with E-state index in [-0.39, 0.29) is 0 Å². The van der Waals surface area contributed by atoms with Gasteiger partial charge in [-0.25, -0.2) is 4.99 Å². The van der Waals surface area contributed by atoms with Gasteiger partial charge in [-0.3, -0.25) is 0 Å². The molecule has 194 valence electrons. The van der Waals surface area contributed by atoms with Crippen molar-refractivity contribution in [2.24, 2.45) is 10.7 Å². The topological polar surface area (TPSA) is 38.4 Å². The van der Waals surface area contributed by atoms with E-state index >= 15 is 0 Å². The number of benzene rings is 4. The van der Waals surface area contributed by atoms with Crippen LogP contribution in [0, 0.1) is 0 Å². The lowest BCUT2D eigenvalue weighted by molar-refractivity contribution is 1.22. The molecule has 0 atom stereocenters. The first-order valence-corrected chi connectivity index (χ1v) is 13.1. The minimum atomic E-state index is 0.677. The molecule has 0 aliphatic carbocycles. The van der Waals surface area contributed by atoms with Crippen LogP contribution in [0.2, 0.25) is 0 Å². The van der Waals surface area contributed by atoms with Gasteiger partial charge in [0.1, 0.15) is 0 Å². The molecule has 0 saturated heterocycles. The molecule has 4 aromatic rings. The van der Waals surface area contributed by atoms with E-state index < -0.39 is 0 Å². The smallest absolute Gasteiger partial charge is 0.0759 e. The number of hydrogen-bond acceptors (Lipinski definition) is 2. The van der Waals surface area contributed by atoms with Crippen LogP contribution >= 0.6 is 0 Å². The summed E-state index contributed by atoms with van der Waals surface area (Å²) < 4.78 is 0. The molecule has 2 heteroatoms. The molecule has 0 aromatic heterocycles. The standard InChI is InChI=1S/C37H36N2/c1-8-9-19-29(24(2)3)36(38)26(6)37(28-17-11-10-12-18-28)39-27(7)35-32-22-15-13-20-30(32)34(25(4)5)31-21-14-16-23-33(31)35/h8-23H,1,4,7,38H2,2-3,5-6H3/b19-9-,36-26-,39-37?. The number of allylic oxidation sites excluding steroid dienone is 6. The Morgan fingerprint density at radius 3 is 1.67 bits per heavy atom. The van der Waals surface area contributed by atoms with Crippen molar-refractivity contribution in [2.45, 2.75) is 27.7 Å². The van der Waals surface area contributed by atoms with Gasteiger partial charge in [-0.05, 0) is 71.5 Å². The van der Waals surface area contributed by atoms with Gasteiger partial charge in [0.2, 0.25) is 0 Å². The first kappa shape index (κ1) is 27.3. The largest absolute Gasteiger partial charge is 0.398 e. The maximum atomic E-state index is 6.81. The van der Waals surface area contributed by atoms with Crippen LogP contribution in [0.25, 0.3) is 32.8 Å². The highest BCUT2D eigenvalue weighted by Crippen LogP contribution is 2.39. The number of hydrogen-bond donors (Lipinski definition) is 1. The van der Waals surface area contributed by atoms with Gasteiger partial charge in [-0.15, -0.1) is 0 Å². The molecule has 4 aromatic carbocycles. The van der Waals surface area contributed by atoms with E-state index in [1.807, 2.05) is 37.3 Å². The van der Waals surface area contributed by atoms with Crippen LogP contribution in [0.3, 0.4) is 0 Å². The zero-order valence-corrected chi connectivity index (χ0v) is 23.4. The summed E-state index contributed by atoms with van der Waals surface area (Å²) in [5.74, 6) is 0. The molecule has 39 heavy (non-hydrogen) atoms. The lowest BCUT2D eigenvalue weighted by atomic mass is 9.88. The fourth-order valence-corrected chi connectivity index (χ4v) is 5.07. The van der Waals surface area contributed by atoms with Crippen molar-refractivity contribution in [3.8, 4) is 0 Å². The van der Waals surface area contributed by atoms with Crippen molar-refractivity contribution in [2.75, 3.05) is 0 Å². The Hall–Kier alpha value is -4.69. The van der Waals surface area contributed by atoms with Crippen molar-refractivity contribution >= 4 is 38.5 Å². The van der Waals surface area contributed by atoms with Crippen LogP contribution in [0.4, 0.5) is 0 Å². The number of aliphatic imine (C=N–C) groups is 1. The highest BCUT2D eigenvalue weighted by Gasteiger charge is 2.18. The molecule has 0 radical (unpaired) electrons. The third-order valence-corrected chi connectivity index (χ3v) is 6.93. The summed E-state index contributed by atoms with van der Waals surface area (Å²) in [6.45, 7) is 20.8. The lowest BCUT2D eigenvalue weighted by Crippen LogP contribution is -2.13. The first-order valence-electron chi connectivity index (χ1n) is 13.1. The maximum Gasteiger partial charge on any atom is 0.0759 e. The fraction of sp³-hybridized carbons (Fsp3) is 0.108. The van der Waals surface area contributed by atoms with Crippen molar-refractivity contribution in [3.63, 3.8) is 0 Å². The minimum absolute atomic E-state index is 0.677. The second-order valence-electron chi connectivity index (χ2n) is 9.94. The van der Waals surface area contributed by atoms with Gasteiger partial charge in [-0.2, -0.15) is 0 Å². The molecular formula is C37H36N2. The Morgan fingerprint density at radius 2 is 1.21 bits per heavy atom. The Bertz CT molecular complexity index is 1660. The molecule has 0 aliphatic heterocycles. The van der Waals surface area contributed by atoms with Crippen LogP contribution < -0.4 is 5.73 Å². The van der Waals surface area contributed by atoms with Gasteiger partial charge in [0, 0.05) is 16.8 Å². The number of nitrogens with zero attached hydrogens (tertiary/aromatic N) is 1. The normalized spacial score (nSPS) is 12.5. The summed E-state index contributed by atoms with van der Waals surface area (Å²) in [6.07, 6.45) is 5.66. The van der Waals surface area contributed by atoms with E-state index in [1.165, 1.54) is 0 Å². The van der Waals surface area contributed by atoms with Crippen LogP contribution in [-0.4, -0.2) is 5.71 Å². The molecule has 0 fully saturated rings. The van der Waals surface area contributed by atoms with Crippen LogP contribution in [-0.2, 0) is 0 Å². The fourth-order valence-electron chi connectivity index (χ4n) is 5.07. The first-order chi connectivity index (χ1) is 18.8. The number of rotatable bonds is 8. The van der Waals surface area contributed by atoms with Gasteiger partial charge in [0.15, 0.2) is 0 Å². The zero-order chi connectivity index (χ0) is 28.1. The molecule has 0 unspecified atom stereocenters. The second-order valence-corrected chi connectivity index (χ2v) is 9.94. The monoisotopic (exact) mass is 508 g/mol. The molecule has 2 N–H and O–H groups in total. The Kier molecular flexibility index (Phi) is 8.27. The Labute approximate surface area is 232 Å². The van der Waals surface area contributed by atoms with Gasteiger partial charge < -0.3 is 5.73 Å². The summed E-state index contributed by atoms with van der Waals surface area (Å²) in [5, 5.41) is 4.49. The molecule has 0 saturated carbocycles. The van der Waals surface area contributed by atoms with E-state index in [9.17, 15) is 0 Å². The summed E-state index contributed by atoms with van der Waals surface area (Å²) in [5.41, 5.74) is 16.1. The van der Waals surface area contributed by atoms with E-state index in [1.54, 1.807) is 6.08 Å². The van der Waals surface area contributed by atoms with Gasteiger partial charge in [-0.1, -0.05) is 122 Å². The van der Waals surface area contributed by atoms with Gasteiger partial charge >= 0.3 is 0 Å². The molecule has 4 rings (SSSR count). The minimum Gasteiger partial charge on any atom is -0.398 e. The quantitative estimate of drug-likeness (QED) is 0.144. The number of fused-ring (bicyclic) bond motifs is 2. The van der Waals surface area contributed by atoms with Crippen LogP contribution in [0.5, 0.6) is 0 Å². The summed E-state index contributed by atoms with van der Waals surface area (Å²) >= 11 is 0. The molecule has 0 bridgehead atoms. The summed E-state index contributed by atoms with van der Waals surface area (Å²) in [4.78, 5) is 5.23.